The van der Waals surface area contributed by atoms with Gasteiger partial charge in [-0.25, -0.2) is 0 Å². The molecule has 1 aliphatic heterocycles. The highest BCUT2D eigenvalue weighted by Gasteiger charge is 2.48. The Bertz CT molecular complexity index is 3520. The number of para-hydroxylation sites is 1. The number of hydrogen-bond acceptors (Lipinski definition) is 3. The first-order valence-corrected chi connectivity index (χ1v) is 21.8. The molecule has 284 valence electrons. The molecule has 10 aromatic rings. The molecule has 3 heteroatoms. The lowest BCUT2D eigenvalue weighted by Crippen LogP contribution is -2.21. The molecule has 60 heavy (non-hydrogen) atoms. The van der Waals surface area contributed by atoms with Crippen molar-refractivity contribution in [3.05, 3.63) is 210 Å². The topological polar surface area (TPSA) is 12.5 Å². The maximum absolute atomic E-state index is 7.37. The quantitative estimate of drug-likeness (QED) is 0.165. The Hall–Kier alpha value is -6.94. The summed E-state index contributed by atoms with van der Waals surface area (Å²) < 4.78 is 10.0. The van der Waals surface area contributed by atoms with Gasteiger partial charge in [0.15, 0.2) is 0 Å². The maximum Gasteiger partial charge on any atom is 0.133 e. The smallest absolute Gasteiger partial charge is 0.133 e. The predicted molar refractivity (Wildman–Crippen MR) is 255 cm³/mol. The molecule has 3 aliphatic rings. The zero-order chi connectivity index (χ0) is 39.7. The molecule has 0 saturated carbocycles. The van der Waals surface area contributed by atoms with Crippen molar-refractivity contribution >= 4 is 86.5 Å². The van der Waals surface area contributed by atoms with E-state index in [4.69, 9.17) is 4.74 Å². The van der Waals surface area contributed by atoms with E-state index in [1.807, 2.05) is 11.3 Å². The minimum Gasteiger partial charge on any atom is -0.484 e. The fourth-order valence-corrected chi connectivity index (χ4v) is 12.4. The molecule has 0 fully saturated rings. The average molecular weight is 786 g/mol. The second kappa shape index (κ2) is 12.5. The normalized spacial score (nSPS) is 17.1. The summed E-state index contributed by atoms with van der Waals surface area (Å²) in [4.78, 5) is 2.51. The van der Waals surface area contributed by atoms with E-state index in [9.17, 15) is 0 Å². The van der Waals surface area contributed by atoms with Crippen molar-refractivity contribution in [1.82, 2.24) is 0 Å². The van der Waals surface area contributed by atoms with Gasteiger partial charge in [-0.1, -0.05) is 166 Å². The summed E-state index contributed by atoms with van der Waals surface area (Å²) in [6.45, 7) is 4.86. The van der Waals surface area contributed by atoms with Crippen molar-refractivity contribution in [1.29, 1.82) is 0 Å². The van der Waals surface area contributed by atoms with E-state index >= 15 is 0 Å². The van der Waals surface area contributed by atoms with Crippen LogP contribution in [0.15, 0.2) is 188 Å². The van der Waals surface area contributed by atoms with Crippen LogP contribution in [-0.2, 0) is 5.41 Å². The molecule has 0 bridgehead atoms. The van der Waals surface area contributed by atoms with Crippen molar-refractivity contribution in [2.45, 2.75) is 31.3 Å². The van der Waals surface area contributed by atoms with Gasteiger partial charge in [0.25, 0.3) is 0 Å². The van der Waals surface area contributed by atoms with Crippen LogP contribution in [0.1, 0.15) is 42.0 Å². The Morgan fingerprint density at radius 3 is 2.07 bits per heavy atom. The minimum atomic E-state index is -0.357. The van der Waals surface area contributed by atoms with Crippen LogP contribution < -0.4 is 9.64 Å². The summed E-state index contributed by atoms with van der Waals surface area (Å²) in [5.74, 6) is 1.09. The Balaban J connectivity index is 1.07. The molecule has 0 spiro atoms. The van der Waals surface area contributed by atoms with Gasteiger partial charge in [-0.2, -0.15) is 0 Å². The number of allylic oxidation sites excluding steroid dienone is 2. The van der Waals surface area contributed by atoms with E-state index in [-0.39, 0.29) is 17.4 Å². The monoisotopic (exact) mass is 785 g/mol. The molecule has 2 unspecified atom stereocenters. The third-order valence-corrected chi connectivity index (χ3v) is 14.8. The van der Waals surface area contributed by atoms with Crippen LogP contribution in [0.3, 0.4) is 0 Å². The highest BCUT2D eigenvalue weighted by Crippen LogP contribution is 2.64. The molecular weight excluding hydrogens is 747 g/mol. The molecule has 1 aromatic heterocycles. The molecule has 2 aliphatic carbocycles. The van der Waals surface area contributed by atoms with Crippen LogP contribution >= 0.6 is 11.3 Å². The number of benzene rings is 9. The van der Waals surface area contributed by atoms with Crippen LogP contribution in [0.2, 0.25) is 0 Å². The van der Waals surface area contributed by atoms with Gasteiger partial charge in [-0.3, -0.25) is 0 Å². The van der Waals surface area contributed by atoms with Crippen molar-refractivity contribution in [2.24, 2.45) is 0 Å². The third-order valence-electron chi connectivity index (χ3n) is 13.5. The number of anilines is 3. The number of nitrogens with zero attached hydrogens (tertiary/aromatic N) is 1. The highest BCUT2D eigenvalue weighted by atomic mass is 32.1. The molecule has 2 nitrogen and oxygen atoms in total. The zero-order valence-electron chi connectivity index (χ0n) is 33.3. The first kappa shape index (κ1) is 34.0. The lowest BCUT2D eigenvalue weighted by Gasteiger charge is -2.33. The molecule has 0 radical (unpaired) electrons. The second-order valence-corrected chi connectivity index (χ2v) is 18.1. The van der Waals surface area contributed by atoms with Crippen molar-refractivity contribution in [3.63, 3.8) is 0 Å². The average Bonchev–Trinajstić information content (AvgIpc) is 3.95. The standard InChI is InChI=1S/C57H39NOS/c1-57(2)53-45(29-15-30-46(53)58(35-18-4-3-5-19-35)47-33-34-17-6-7-20-36(34)37-21-8-9-22-38(37)47)52-54(57)42-25-11-10-24-40(42)51-50-41(26-16-31-48(50)59-55(51)52)44-28-14-27-43-39-23-12-13-32-49(39)60-56(43)44/h3-33,48,50H,1-2H3. The largest absolute Gasteiger partial charge is 0.484 e. The summed E-state index contributed by atoms with van der Waals surface area (Å²) in [6.07, 6.45) is 6.74. The van der Waals surface area contributed by atoms with E-state index in [0.717, 1.165) is 11.4 Å². The second-order valence-electron chi connectivity index (χ2n) is 17.0. The minimum absolute atomic E-state index is 0.0520. The molecule has 0 amide bonds. The summed E-state index contributed by atoms with van der Waals surface area (Å²) in [5, 5.41) is 10.2. The Morgan fingerprint density at radius 1 is 0.550 bits per heavy atom. The molecule has 13 rings (SSSR count). The van der Waals surface area contributed by atoms with Gasteiger partial charge < -0.3 is 9.64 Å². The van der Waals surface area contributed by atoms with Gasteiger partial charge >= 0.3 is 0 Å². The van der Waals surface area contributed by atoms with Gasteiger partial charge in [0.1, 0.15) is 11.9 Å². The molecular formula is C57H39NOS. The summed E-state index contributed by atoms with van der Waals surface area (Å²) >= 11 is 1.90. The van der Waals surface area contributed by atoms with Gasteiger partial charge in [0.2, 0.25) is 0 Å². The van der Waals surface area contributed by atoms with Crippen molar-refractivity contribution in [2.75, 3.05) is 4.90 Å². The number of ether oxygens (including phenoxy) is 1. The molecule has 0 saturated heterocycles. The van der Waals surface area contributed by atoms with Gasteiger partial charge in [0, 0.05) is 47.8 Å². The molecule has 9 aromatic carbocycles. The van der Waals surface area contributed by atoms with Gasteiger partial charge in [-0.15, -0.1) is 11.3 Å². The Labute approximate surface area is 352 Å². The zero-order valence-corrected chi connectivity index (χ0v) is 34.1. The van der Waals surface area contributed by atoms with Crippen LogP contribution in [0.4, 0.5) is 17.1 Å². The van der Waals surface area contributed by atoms with Crippen LogP contribution in [0.25, 0.3) is 69.2 Å². The van der Waals surface area contributed by atoms with Gasteiger partial charge in [-0.05, 0) is 91.2 Å². The number of fused-ring (bicyclic) bond motifs is 16. The van der Waals surface area contributed by atoms with Crippen LogP contribution in [0, 0.1) is 0 Å². The third kappa shape index (κ3) is 4.58. The fraction of sp³-hybridized carbons (Fsp3) is 0.0877. The fourth-order valence-electron chi connectivity index (χ4n) is 11.2. The maximum atomic E-state index is 7.37. The van der Waals surface area contributed by atoms with Crippen molar-refractivity contribution < 1.29 is 4.74 Å². The van der Waals surface area contributed by atoms with Gasteiger partial charge in [0.05, 0.1) is 17.3 Å². The number of rotatable bonds is 4. The van der Waals surface area contributed by atoms with E-state index in [1.54, 1.807) is 0 Å². The molecule has 2 heterocycles. The number of thiophene rings is 1. The SMILES string of the molecule is CC1(C)c2c(cccc2N(c2ccccc2)c2cc3ccccc3c3ccccc23)-c2c3c(c4ccccc4c21)C1C(c2cccc4c2sc2ccccc24)=CC=CC1O3. The predicted octanol–water partition coefficient (Wildman–Crippen LogP) is 15.8. The first-order chi connectivity index (χ1) is 29.6. The van der Waals surface area contributed by atoms with Crippen molar-refractivity contribution in [3.8, 4) is 16.9 Å². The van der Waals surface area contributed by atoms with E-state index in [0.29, 0.717) is 0 Å². The molecule has 0 N–H and O–H groups in total. The Morgan fingerprint density at radius 2 is 1.22 bits per heavy atom. The lowest BCUT2D eigenvalue weighted by molar-refractivity contribution is 0.272. The first-order valence-electron chi connectivity index (χ1n) is 21.0. The summed E-state index contributed by atoms with van der Waals surface area (Å²) in [6, 6.07) is 62.7. The highest BCUT2D eigenvalue weighted by molar-refractivity contribution is 7.26. The van der Waals surface area contributed by atoms with E-state index < -0.39 is 0 Å². The summed E-state index contributed by atoms with van der Waals surface area (Å²) in [5.41, 5.74) is 12.2. The van der Waals surface area contributed by atoms with E-state index in [2.05, 4.69) is 207 Å². The van der Waals surface area contributed by atoms with E-state index in [1.165, 1.54) is 103 Å². The summed E-state index contributed by atoms with van der Waals surface area (Å²) in [7, 11) is 0. The van der Waals surface area contributed by atoms with Crippen LogP contribution in [0.5, 0.6) is 5.75 Å². The Kier molecular flexibility index (Phi) is 7.10. The lowest BCUT2D eigenvalue weighted by atomic mass is 9.75. The van der Waals surface area contributed by atoms with Crippen LogP contribution in [-0.4, -0.2) is 6.10 Å². The molecule has 2 atom stereocenters. The number of hydrogen-bond donors (Lipinski definition) is 0.